The highest BCUT2D eigenvalue weighted by Crippen LogP contribution is 2.34. The minimum Gasteiger partial charge on any atom is -0.494 e. The summed E-state index contributed by atoms with van der Waals surface area (Å²) in [6.07, 6.45) is 10.6. The van der Waals surface area contributed by atoms with Gasteiger partial charge in [0.1, 0.15) is 36.2 Å². The lowest BCUT2D eigenvalue weighted by Gasteiger charge is -2.18. The molecule has 0 aliphatic carbocycles. The molecule has 0 radical (unpaired) electrons. The zero-order valence-electron chi connectivity index (χ0n) is 33.5. The number of hydrogen-bond donors (Lipinski definition) is 0. The molecule has 4 aromatic carbocycles. The van der Waals surface area contributed by atoms with Gasteiger partial charge in [0.05, 0.1) is 43.2 Å². The van der Waals surface area contributed by atoms with Gasteiger partial charge in [0.25, 0.3) is 0 Å². The summed E-state index contributed by atoms with van der Waals surface area (Å²) in [5.74, 6) is 0.845. The number of esters is 4. The van der Waals surface area contributed by atoms with Crippen LogP contribution in [0, 0.1) is 0 Å². The topological polar surface area (TPSA) is 154 Å². The maximum Gasteiger partial charge on any atom is 0.344 e. The van der Waals surface area contributed by atoms with Crippen molar-refractivity contribution in [3.05, 3.63) is 127 Å². The second kappa shape index (κ2) is 24.1. The Bertz CT molecular complexity index is 2090. The summed E-state index contributed by atoms with van der Waals surface area (Å²) < 4.78 is 44.4. The summed E-state index contributed by atoms with van der Waals surface area (Å²) in [7, 11) is 0. The molecule has 0 spiro atoms. The van der Waals surface area contributed by atoms with E-state index < -0.39 is 23.9 Å². The van der Waals surface area contributed by atoms with Gasteiger partial charge in [0.2, 0.25) is 0 Å². The molecule has 0 bridgehead atoms. The first-order chi connectivity index (χ1) is 29.3. The van der Waals surface area contributed by atoms with Crippen molar-refractivity contribution >= 4 is 35.8 Å². The molecule has 0 atom stereocenters. The van der Waals surface area contributed by atoms with E-state index in [9.17, 15) is 19.2 Å². The molecule has 60 heavy (non-hydrogen) atoms. The Morgan fingerprint density at radius 3 is 1.67 bits per heavy atom. The standard InChI is InChI=1S/C47H49NO12/c1-3-44(49)57-27-11-7-5-9-25-53-37-16-13-34(14-17-37)46(51)60-40-22-23-41(35(31-40)33-48-36-15-24-42-43(32-36)56-30-29-55-42)47(52)59-39-20-18-38(19-21-39)54-26-10-6-8-12-28-58-45(50)4-2/h3-4,13-24,31-33H,1-2,5-12,25-30H2. The van der Waals surface area contributed by atoms with Crippen LogP contribution in [-0.2, 0) is 19.1 Å². The first-order valence-corrected chi connectivity index (χ1v) is 19.9. The molecular weight excluding hydrogens is 771 g/mol. The molecule has 4 aromatic rings. The molecule has 1 heterocycles. The van der Waals surface area contributed by atoms with E-state index in [0.717, 1.165) is 63.5 Å². The lowest BCUT2D eigenvalue weighted by atomic mass is 10.1. The van der Waals surface area contributed by atoms with Crippen LogP contribution in [0.2, 0.25) is 0 Å². The van der Waals surface area contributed by atoms with E-state index in [4.69, 9.17) is 37.9 Å². The SMILES string of the molecule is C=CC(=O)OCCCCCCOc1ccc(OC(=O)c2ccc(OC(=O)c3ccc(OCCCCCCOC(=O)C=C)cc3)cc2C=Nc2ccc3c(c2)OCCO3)cc1. The molecule has 1 aliphatic heterocycles. The van der Waals surface area contributed by atoms with Crippen LogP contribution in [0.25, 0.3) is 0 Å². The summed E-state index contributed by atoms with van der Waals surface area (Å²) in [5, 5.41) is 0. The first-order valence-electron chi connectivity index (χ1n) is 19.9. The third-order valence-corrected chi connectivity index (χ3v) is 8.89. The lowest BCUT2D eigenvalue weighted by Crippen LogP contribution is -2.14. The molecule has 13 heteroatoms. The number of hydrogen-bond acceptors (Lipinski definition) is 13. The number of nitrogens with zero attached hydrogens (tertiary/aromatic N) is 1. The van der Waals surface area contributed by atoms with E-state index in [-0.39, 0.29) is 11.3 Å². The van der Waals surface area contributed by atoms with Gasteiger partial charge in [-0.05, 0) is 130 Å². The third-order valence-electron chi connectivity index (χ3n) is 8.89. The number of carbonyl (C=O) groups is 4. The predicted octanol–water partition coefficient (Wildman–Crippen LogP) is 8.98. The Balaban J connectivity index is 1.17. The van der Waals surface area contributed by atoms with Gasteiger partial charge < -0.3 is 37.9 Å². The number of benzene rings is 4. The van der Waals surface area contributed by atoms with Gasteiger partial charge >= 0.3 is 23.9 Å². The van der Waals surface area contributed by atoms with Crippen molar-refractivity contribution in [3.8, 4) is 34.5 Å². The Morgan fingerprint density at radius 2 is 1.07 bits per heavy atom. The molecule has 5 rings (SSSR count). The van der Waals surface area contributed by atoms with Crippen LogP contribution in [0.3, 0.4) is 0 Å². The second-order valence-corrected chi connectivity index (χ2v) is 13.4. The van der Waals surface area contributed by atoms with Crippen LogP contribution in [-0.4, -0.2) is 69.7 Å². The van der Waals surface area contributed by atoms with Gasteiger partial charge in [-0.2, -0.15) is 0 Å². The van der Waals surface area contributed by atoms with Crippen LogP contribution in [0.1, 0.15) is 77.6 Å². The van der Waals surface area contributed by atoms with E-state index >= 15 is 0 Å². The van der Waals surface area contributed by atoms with Gasteiger partial charge in [-0.3, -0.25) is 4.99 Å². The van der Waals surface area contributed by atoms with E-state index in [1.54, 1.807) is 72.8 Å². The highest BCUT2D eigenvalue weighted by molar-refractivity contribution is 6.01. The van der Waals surface area contributed by atoms with E-state index in [1.807, 2.05) is 0 Å². The molecule has 0 saturated carbocycles. The molecular formula is C47H49NO12. The van der Waals surface area contributed by atoms with Gasteiger partial charge in [0, 0.05) is 30.0 Å². The highest BCUT2D eigenvalue weighted by Gasteiger charge is 2.17. The van der Waals surface area contributed by atoms with Crippen molar-refractivity contribution in [2.45, 2.75) is 51.4 Å². The van der Waals surface area contributed by atoms with Crippen molar-refractivity contribution in [2.24, 2.45) is 4.99 Å². The van der Waals surface area contributed by atoms with Crippen molar-refractivity contribution in [1.82, 2.24) is 0 Å². The molecule has 0 N–H and O–H groups in total. The third kappa shape index (κ3) is 14.8. The lowest BCUT2D eigenvalue weighted by molar-refractivity contribution is -0.138. The summed E-state index contributed by atoms with van der Waals surface area (Å²) in [4.78, 5) is 53.5. The highest BCUT2D eigenvalue weighted by atomic mass is 16.6. The van der Waals surface area contributed by atoms with Crippen molar-refractivity contribution in [1.29, 1.82) is 0 Å². The van der Waals surface area contributed by atoms with Gasteiger partial charge in [0.15, 0.2) is 11.5 Å². The van der Waals surface area contributed by atoms with Crippen molar-refractivity contribution < 1.29 is 57.1 Å². The van der Waals surface area contributed by atoms with Gasteiger partial charge in [-0.25, -0.2) is 19.2 Å². The fourth-order valence-corrected chi connectivity index (χ4v) is 5.73. The molecule has 0 aromatic heterocycles. The zero-order valence-corrected chi connectivity index (χ0v) is 33.5. The van der Waals surface area contributed by atoms with Crippen LogP contribution >= 0.6 is 0 Å². The average molecular weight is 820 g/mol. The predicted molar refractivity (Wildman–Crippen MR) is 224 cm³/mol. The molecule has 314 valence electrons. The second-order valence-electron chi connectivity index (χ2n) is 13.4. The monoisotopic (exact) mass is 819 g/mol. The summed E-state index contributed by atoms with van der Waals surface area (Å²) in [6, 6.07) is 23.2. The summed E-state index contributed by atoms with van der Waals surface area (Å²) in [6.45, 7) is 9.38. The Hall–Kier alpha value is -6.89. The van der Waals surface area contributed by atoms with Crippen molar-refractivity contribution in [2.75, 3.05) is 39.6 Å². The summed E-state index contributed by atoms with van der Waals surface area (Å²) >= 11 is 0. The molecule has 0 amide bonds. The molecule has 1 aliphatic rings. The van der Waals surface area contributed by atoms with E-state index in [0.29, 0.717) is 85.2 Å². The maximum atomic E-state index is 13.5. The minimum absolute atomic E-state index is 0.188. The number of carbonyl (C=O) groups excluding carboxylic acids is 4. The van der Waals surface area contributed by atoms with Crippen LogP contribution < -0.4 is 28.4 Å². The average Bonchev–Trinajstić information content (AvgIpc) is 3.27. The first kappa shape index (κ1) is 44.2. The Labute approximate surface area is 349 Å². The Morgan fingerprint density at radius 1 is 0.550 bits per heavy atom. The van der Waals surface area contributed by atoms with Crippen molar-refractivity contribution in [3.63, 3.8) is 0 Å². The van der Waals surface area contributed by atoms with Gasteiger partial charge in [-0.1, -0.05) is 13.2 Å². The van der Waals surface area contributed by atoms with E-state index in [2.05, 4.69) is 18.2 Å². The number of unbranched alkanes of at least 4 members (excludes halogenated alkanes) is 6. The number of fused-ring (bicyclic) bond motifs is 1. The Kier molecular flexibility index (Phi) is 17.8. The van der Waals surface area contributed by atoms with E-state index in [1.165, 1.54) is 18.3 Å². The van der Waals surface area contributed by atoms with Crippen LogP contribution in [0.15, 0.2) is 115 Å². The van der Waals surface area contributed by atoms with Crippen LogP contribution in [0.4, 0.5) is 5.69 Å². The van der Waals surface area contributed by atoms with Gasteiger partial charge in [-0.15, -0.1) is 0 Å². The molecule has 13 nitrogen and oxygen atoms in total. The van der Waals surface area contributed by atoms with Crippen LogP contribution in [0.5, 0.6) is 34.5 Å². The largest absolute Gasteiger partial charge is 0.494 e. The normalized spacial score (nSPS) is 11.6. The number of ether oxygens (including phenoxy) is 8. The molecule has 0 fully saturated rings. The minimum atomic E-state index is -0.645. The summed E-state index contributed by atoms with van der Waals surface area (Å²) in [5.41, 5.74) is 1.40. The quantitative estimate of drug-likeness (QED) is 0.0218. The molecule has 0 saturated heterocycles. The fourth-order valence-electron chi connectivity index (χ4n) is 5.73. The maximum absolute atomic E-state index is 13.5. The number of rotatable bonds is 24. The zero-order chi connectivity index (χ0) is 42.4. The fraction of sp³-hybridized carbons (Fsp3) is 0.298. The smallest absolute Gasteiger partial charge is 0.344 e. The number of aliphatic imine (C=N–C) groups is 1. The molecule has 0 unspecified atom stereocenters.